The summed E-state index contributed by atoms with van der Waals surface area (Å²) in [5, 5.41) is 11.2. The summed E-state index contributed by atoms with van der Waals surface area (Å²) in [7, 11) is 0. The van der Waals surface area contributed by atoms with Gasteiger partial charge < -0.3 is 14.7 Å². The van der Waals surface area contributed by atoms with Gasteiger partial charge in [-0.1, -0.05) is 75.6 Å². The summed E-state index contributed by atoms with van der Waals surface area (Å²) >= 11 is 0. The zero-order valence-corrected chi connectivity index (χ0v) is 19.4. The summed E-state index contributed by atoms with van der Waals surface area (Å²) in [5.41, 5.74) is 2.47. The monoisotopic (exact) mass is 435 g/mol. The van der Waals surface area contributed by atoms with E-state index in [4.69, 9.17) is 4.74 Å². The highest BCUT2D eigenvalue weighted by Crippen LogP contribution is 2.40. The fourth-order valence-electron chi connectivity index (χ4n) is 3.98. The molecule has 170 valence electrons. The van der Waals surface area contributed by atoms with Crippen LogP contribution in [0.4, 0.5) is 0 Å². The number of hydrogen-bond donors (Lipinski definition) is 1. The van der Waals surface area contributed by atoms with Gasteiger partial charge in [0, 0.05) is 12.1 Å². The number of Topliss-reactive ketones (excluding diaryl/α,β-unsaturated/α-hetero) is 1. The van der Waals surface area contributed by atoms with Crippen LogP contribution in [0.3, 0.4) is 0 Å². The van der Waals surface area contributed by atoms with Crippen molar-refractivity contribution in [3.63, 3.8) is 0 Å². The van der Waals surface area contributed by atoms with Crippen molar-refractivity contribution in [3.8, 4) is 5.75 Å². The molecule has 1 saturated heterocycles. The molecule has 3 rings (SSSR count). The standard InChI is InChI=1S/C27H33NO4/c1-5-6-7-14-28-24(20-11-8-10-19(4)15-20)23(26(30)27(28)31)25(29)21-12-9-13-22(16-21)32-17-18(2)3/h8-13,15-16,18,24,29H,5-7,14,17H2,1-4H3/b25-23-. The number of ketones is 1. The van der Waals surface area contributed by atoms with Gasteiger partial charge in [0.05, 0.1) is 18.2 Å². The normalized spacial score (nSPS) is 17.9. The van der Waals surface area contributed by atoms with Crippen LogP contribution in [-0.2, 0) is 9.59 Å². The van der Waals surface area contributed by atoms with E-state index in [0.717, 1.165) is 30.4 Å². The van der Waals surface area contributed by atoms with Crippen molar-refractivity contribution < 1.29 is 19.4 Å². The summed E-state index contributed by atoms with van der Waals surface area (Å²) in [6.45, 7) is 9.22. The van der Waals surface area contributed by atoms with Gasteiger partial charge in [-0.15, -0.1) is 0 Å². The van der Waals surface area contributed by atoms with E-state index in [9.17, 15) is 14.7 Å². The first-order chi connectivity index (χ1) is 15.3. The Labute approximate surface area is 190 Å². The van der Waals surface area contributed by atoms with Crippen LogP contribution in [0.5, 0.6) is 5.75 Å². The summed E-state index contributed by atoms with van der Waals surface area (Å²) in [6.07, 6.45) is 2.80. The molecule has 1 N–H and O–H groups in total. The molecule has 0 spiro atoms. The topological polar surface area (TPSA) is 66.8 Å². The minimum Gasteiger partial charge on any atom is -0.507 e. The molecule has 1 heterocycles. The molecule has 1 fully saturated rings. The third-order valence-corrected chi connectivity index (χ3v) is 5.59. The lowest BCUT2D eigenvalue weighted by Crippen LogP contribution is -2.30. The van der Waals surface area contributed by atoms with Crippen LogP contribution < -0.4 is 4.74 Å². The second-order valence-electron chi connectivity index (χ2n) is 8.85. The maximum atomic E-state index is 13.1. The molecular weight excluding hydrogens is 402 g/mol. The van der Waals surface area contributed by atoms with Crippen molar-refractivity contribution in [2.75, 3.05) is 13.2 Å². The Balaban J connectivity index is 2.06. The molecule has 0 radical (unpaired) electrons. The highest BCUT2D eigenvalue weighted by molar-refractivity contribution is 6.46. The Morgan fingerprint density at radius 3 is 2.53 bits per heavy atom. The van der Waals surface area contributed by atoms with Crippen LogP contribution in [0.1, 0.15) is 62.8 Å². The van der Waals surface area contributed by atoms with E-state index in [1.165, 1.54) is 0 Å². The molecule has 5 heteroatoms. The molecule has 1 unspecified atom stereocenters. The second-order valence-corrected chi connectivity index (χ2v) is 8.85. The molecule has 1 amide bonds. The number of likely N-dealkylation sites (tertiary alicyclic amines) is 1. The van der Waals surface area contributed by atoms with Crippen LogP contribution in [0, 0.1) is 12.8 Å². The van der Waals surface area contributed by atoms with Gasteiger partial charge >= 0.3 is 0 Å². The van der Waals surface area contributed by atoms with Crippen molar-refractivity contribution in [2.24, 2.45) is 5.92 Å². The molecule has 0 saturated carbocycles. The number of carbonyl (C=O) groups excluding carboxylic acids is 2. The van der Waals surface area contributed by atoms with E-state index in [2.05, 4.69) is 20.8 Å². The van der Waals surface area contributed by atoms with Crippen LogP contribution >= 0.6 is 0 Å². The maximum absolute atomic E-state index is 13.1. The quantitative estimate of drug-likeness (QED) is 0.239. The Morgan fingerprint density at radius 2 is 1.84 bits per heavy atom. The molecule has 0 aromatic heterocycles. The average Bonchev–Trinajstić information content (AvgIpc) is 3.02. The molecule has 0 bridgehead atoms. The number of benzene rings is 2. The number of aliphatic hydroxyl groups is 1. The molecule has 2 aromatic rings. The minimum absolute atomic E-state index is 0.137. The van der Waals surface area contributed by atoms with Crippen molar-refractivity contribution in [1.82, 2.24) is 4.90 Å². The predicted molar refractivity (Wildman–Crippen MR) is 126 cm³/mol. The number of nitrogens with zero attached hydrogens (tertiary/aromatic N) is 1. The van der Waals surface area contributed by atoms with Gasteiger partial charge in [-0.25, -0.2) is 0 Å². The molecule has 32 heavy (non-hydrogen) atoms. The van der Waals surface area contributed by atoms with E-state index in [0.29, 0.717) is 30.4 Å². The average molecular weight is 436 g/mol. The Morgan fingerprint density at radius 1 is 1.09 bits per heavy atom. The van der Waals surface area contributed by atoms with E-state index >= 15 is 0 Å². The van der Waals surface area contributed by atoms with Gasteiger partial charge in [-0.2, -0.15) is 0 Å². The summed E-state index contributed by atoms with van der Waals surface area (Å²) in [4.78, 5) is 27.7. The Hall–Kier alpha value is -3.08. The van der Waals surface area contributed by atoms with Crippen molar-refractivity contribution in [1.29, 1.82) is 0 Å². The molecule has 5 nitrogen and oxygen atoms in total. The number of hydrogen-bond acceptors (Lipinski definition) is 4. The molecule has 1 aliphatic heterocycles. The van der Waals surface area contributed by atoms with Crippen LogP contribution in [-0.4, -0.2) is 34.8 Å². The van der Waals surface area contributed by atoms with E-state index in [1.54, 1.807) is 23.1 Å². The van der Waals surface area contributed by atoms with Gasteiger partial charge in [-0.3, -0.25) is 9.59 Å². The SMILES string of the molecule is CCCCCN1C(=O)C(=O)/C(=C(\O)c2cccc(OCC(C)C)c2)C1c1cccc(C)c1. The van der Waals surface area contributed by atoms with Crippen LogP contribution in [0.25, 0.3) is 5.76 Å². The highest BCUT2D eigenvalue weighted by Gasteiger charge is 2.45. The van der Waals surface area contributed by atoms with Crippen LogP contribution in [0.15, 0.2) is 54.1 Å². The second kappa shape index (κ2) is 10.5. The van der Waals surface area contributed by atoms with Crippen LogP contribution in [0.2, 0.25) is 0 Å². The minimum atomic E-state index is -0.640. The van der Waals surface area contributed by atoms with E-state index < -0.39 is 17.7 Å². The Kier molecular flexibility index (Phi) is 7.73. The number of amides is 1. The summed E-state index contributed by atoms with van der Waals surface area (Å²) < 4.78 is 5.79. The van der Waals surface area contributed by atoms with Gasteiger partial charge in [0.2, 0.25) is 0 Å². The zero-order chi connectivity index (χ0) is 23.3. The van der Waals surface area contributed by atoms with Gasteiger partial charge in [0.15, 0.2) is 0 Å². The van der Waals surface area contributed by atoms with Crippen molar-refractivity contribution in [2.45, 2.75) is 53.0 Å². The smallest absolute Gasteiger partial charge is 0.295 e. The number of aryl methyl sites for hydroxylation is 1. The van der Waals surface area contributed by atoms with Crippen molar-refractivity contribution in [3.05, 3.63) is 70.8 Å². The number of carbonyl (C=O) groups is 2. The lowest BCUT2D eigenvalue weighted by atomic mass is 9.94. The number of rotatable bonds is 9. The van der Waals surface area contributed by atoms with Gasteiger partial charge in [-0.05, 0) is 37.0 Å². The summed E-state index contributed by atoms with van der Waals surface area (Å²) in [6, 6.07) is 14.2. The number of aliphatic hydroxyl groups excluding tert-OH is 1. The molecule has 2 aromatic carbocycles. The Bertz CT molecular complexity index is 1010. The lowest BCUT2D eigenvalue weighted by Gasteiger charge is -2.25. The number of unbranched alkanes of at least 4 members (excludes halogenated alkanes) is 2. The predicted octanol–water partition coefficient (Wildman–Crippen LogP) is 5.64. The molecular formula is C27H33NO4. The van der Waals surface area contributed by atoms with Gasteiger partial charge in [0.25, 0.3) is 11.7 Å². The molecule has 0 aliphatic carbocycles. The first-order valence-electron chi connectivity index (χ1n) is 11.4. The maximum Gasteiger partial charge on any atom is 0.295 e. The van der Waals surface area contributed by atoms with E-state index in [-0.39, 0.29) is 11.3 Å². The summed E-state index contributed by atoms with van der Waals surface area (Å²) in [5.74, 6) is -0.378. The first-order valence-corrected chi connectivity index (χ1v) is 11.4. The fourth-order valence-corrected chi connectivity index (χ4v) is 3.98. The first kappa shape index (κ1) is 23.6. The third-order valence-electron chi connectivity index (χ3n) is 5.59. The third kappa shape index (κ3) is 5.21. The highest BCUT2D eigenvalue weighted by atomic mass is 16.5. The van der Waals surface area contributed by atoms with Gasteiger partial charge in [0.1, 0.15) is 11.5 Å². The number of ether oxygens (including phenoxy) is 1. The van der Waals surface area contributed by atoms with Crippen molar-refractivity contribution >= 4 is 17.4 Å². The van der Waals surface area contributed by atoms with E-state index in [1.807, 2.05) is 37.3 Å². The molecule has 1 aliphatic rings. The molecule has 1 atom stereocenters. The lowest BCUT2D eigenvalue weighted by molar-refractivity contribution is -0.139. The fraction of sp³-hybridized carbons (Fsp3) is 0.407. The largest absolute Gasteiger partial charge is 0.507 e. The zero-order valence-electron chi connectivity index (χ0n) is 19.4.